The number of fused-ring (bicyclic) bond motifs is 5. The minimum atomic E-state index is -0.0178. The highest BCUT2D eigenvalue weighted by molar-refractivity contribution is 5.12. The Labute approximate surface area is 162 Å². The minimum Gasteiger partial charge on any atom is -0.393 e. The molecule has 150 valence electrons. The Morgan fingerprint density at radius 2 is 1.62 bits per heavy atom. The Kier molecular flexibility index (Phi) is 5.26. The maximum atomic E-state index is 11.6. The van der Waals surface area contributed by atoms with E-state index >= 15 is 0 Å². The third kappa shape index (κ3) is 2.66. The van der Waals surface area contributed by atoms with Crippen LogP contribution in [-0.4, -0.2) is 11.2 Å². The van der Waals surface area contributed by atoms with Gasteiger partial charge in [0.2, 0.25) is 0 Å². The van der Waals surface area contributed by atoms with Crippen molar-refractivity contribution in [1.29, 1.82) is 0 Å². The normalized spacial score (nSPS) is 53.7. The smallest absolute Gasteiger partial charge is 0.0605 e. The molecule has 4 fully saturated rings. The minimum absolute atomic E-state index is 0.0178. The van der Waals surface area contributed by atoms with Crippen LogP contribution in [0.15, 0.2) is 0 Å². The van der Waals surface area contributed by atoms with Crippen molar-refractivity contribution in [3.63, 3.8) is 0 Å². The standard InChI is InChI=1S/C25H44O/c1-5-7-10-17-12-13-20-22-21(14-16-24(17,20)3)25(4)15-9-8-11-19(25)18(6-2)23(22)26/h17-23,26H,5-16H2,1-4H3/t17?,18-,19?,20?,21?,22?,23-,24?,25?/m1/s1. The summed E-state index contributed by atoms with van der Waals surface area (Å²) in [5.41, 5.74) is 1.04. The Bertz CT molecular complexity index is 500. The second kappa shape index (κ2) is 7.09. The molecular formula is C25H44O. The third-order valence-corrected chi connectivity index (χ3v) is 10.4. The average Bonchev–Trinajstić information content (AvgIpc) is 2.97. The van der Waals surface area contributed by atoms with Crippen molar-refractivity contribution in [2.45, 2.75) is 111 Å². The van der Waals surface area contributed by atoms with Gasteiger partial charge in [0.25, 0.3) is 0 Å². The number of aliphatic hydroxyl groups is 1. The van der Waals surface area contributed by atoms with Crippen molar-refractivity contribution in [1.82, 2.24) is 0 Å². The fourth-order valence-corrected chi connectivity index (χ4v) is 9.07. The van der Waals surface area contributed by atoms with Crippen LogP contribution in [0.2, 0.25) is 0 Å². The van der Waals surface area contributed by atoms with Crippen molar-refractivity contribution >= 4 is 0 Å². The van der Waals surface area contributed by atoms with Crippen molar-refractivity contribution in [2.75, 3.05) is 0 Å². The third-order valence-electron chi connectivity index (χ3n) is 10.4. The van der Waals surface area contributed by atoms with Crippen LogP contribution < -0.4 is 0 Å². The first-order valence-corrected chi connectivity index (χ1v) is 12.2. The summed E-state index contributed by atoms with van der Waals surface area (Å²) < 4.78 is 0. The van der Waals surface area contributed by atoms with Gasteiger partial charge in [0.1, 0.15) is 0 Å². The molecule has 7 unspecified atom stereocenters. The van der Waals surface area contributed by atoms with E-state index in [-0.39, 0.29) is 6.10 Å². The highest BCUT2D eigenvalue weighted by Gasteiger charge is 2.63. The molecule has 0 radical (unpaired) electrons. The molecule has 26 heavy (non-hydrogen) atoms. The monoisotopic (exact) mass is 360 g/mol. The highest BCUT2D eigenvalue weighted by Crippen LogP contribution is 2.69. The fraction of sp³-hybridized carbons (Fsp3) is 1.00. The predicted molar refractivity (Wildman–Crippen MR) is 110 cm³/mol. The first-order valence-electron chi connectivity index (χ1n) is 12.2. The molecule has 0 bridgehead atoms. The maximum Gasteiger partial charge on any atom is 0.0605 e. The molecule has 4 aliphatic rings. The van der Waals surface area contributed by atoms with Crippen LogP contribution in [0, 0.1) is 46.3 Å². The number of aliphatic hydroxyl groups excluding tert-OH is 1. The van der Waals surface area contributed by atoms with E-state index in [4.69, 9.17) is 0 Å². The molecule has 0 spiro atoms. The van der Waals surface area contributed by atoms with Gasteiger partial charge in [0.05, 0.1) is 6.10 Å². The van der Waals surface area contributed by atoms with Gasteiger partial charge in [-0.2, -0.15) is 0 Å². The maximum absolute atomic E-state index is 11.6. The van der Waals surface area contributed by atoms with Crippen molar-refractivity contribution in [3.05, 3.63) is 0 Å². The van der Waals surface area contributed by atoms with E-state index in [1.807, 2.05) is 0 Å². The van der Waals surface area contributed by atoms with Gasteiger partial charge in [0.15, 0.2) is 0 Å². The second-order valence-electron chi connectivity index (χ2n) is 11.2. The van der Waals surface area contributed by atoms with Gasteiger partial charge in [-0.05, 0) is 91.3 Å². The molecule has 0 aromatic rings. The summed E-state index contributed by atoms with van der Waals surface area (Å²) in [6, 6.07) is 0. The van der Waals surface area contributed by atoms with E-state index in [2.05, 4.69) is 27.7 Å². The van der Waals surface area contributed by atoms with E-state index in [1.165, 1.54) is 77.0 Å². The molecule has 9 atom stereocenters. The van der Waals surface area contributed by atoms with Crippen LogP contribution in [0.4, 0.5) is 0 Å². The van der Waals surface area contributed by atoms with Crippen LogP contribution in [0.1, 0.15) is 105 Å². The first kappa shape index (κ1) is 19.3. The summed E-state index contributed by atoms with van der Waals surface area (Å²) in [5, 5.41) is 11.6. The Hall–Kier alpha value is -0.0400. The van der Waals surface area contributed by atoms with Crippen LogP contribution in [0.5, 0.6) is 0 Å². The second-order valence-corrected chi connectivity index (χ2v) is 11.2. The summed E-state index contributed by atoms with van der Waals surface area (Å²) >= 11 is 0. The lowest BCUT2D eigenvalue weighted by Gasteiger charge is -2.64. The van der Waals surface area contributed by atoms with Gasteiger partial charge in [-0.3, -0.25) is 0 Å². The fourth-order valence-electron chi connectivity index (χ4n) is 9.07. The quantitative estimate of drug-likeness (QED) is 0.582. The molecule has 0 heterocycles. The zero-order chi connectivity index (χ0) is 18.5. The van der Waals surface area contributed by atoms with E-state index in [0.29, 0.717) is 22.7 Å². The number of unbranched alkanes of at least 4 members (excludes halogenated alkanes) is 1. The van der Waals surface area contributed by atoms with Gasteiger partial charge in [0, 0.05) is 0 Å². The molecule has 1 N–H and O–H groups in total. The summed E-state index contributed by atoms with van der Waals surface area (Å²) in [5.74, 6) is 4.49. The Balaban J connectivity index is 1.65. The molecule has 4 saturated carbocycles. The first-order chi connectivity index (χ1) is 12.5. The molecule has 0 amide bonds. The highest BCUT2D eigenvalue weighted by atomic mass is 16.3. The zero-order valence-corrected chi connectivity index (χ0v) is 18.0. The van der Waals surface area contributed by atoms with Gasteiger partial charge in [-0.25, -0.2) is 0 Å². The largest absolute Gasteiger partial charge is 0.393 e. The van der Waals surface area contributed by atoms with Gasteiger partial charge < -0.3 is 5.11 Å². The lowest BCUT2D eigenvalue weighted by Crippen LogP contribution is -2.61. The molecule has 0 saturated heterocycles. The van der Waals surface area contributed by atoms with E-state index in [0.717, 1.165) is 23.7 Å². The van der Waals surface area contributed by atoms with Crippen molar-refractivity contribution in [2.24, 2.45) is 46.3 Å². The van der Waals surface area contributed by atoms with E-state index < -0.39 is 0 Å². The lowest BCUT2D eigenvalue weighted by atomic mass is 9.41. The molecule has 0 aromatic heterocycles. The summed E-state index contributed by atoms with van der Waals surface area (Å²) in [4.78, 5) is 0. The Morgan fingerprint density at radius 3 is 2.35 bits per heavy atom. The molecule has 4 rings (SSSR count). The molecule has 0 aliphatic heterocycles. The SMILES string of the molecule is CCCCC1CCC2C3C(CCC12C)C1(C)CCCCC1[C@@H](CC)[C@H]3O. The molecule has 1 heteroatoms. The lowest BCUT2D eigenvalue weighted by molar-refractivity contribution is -0.193. The molecule has 0 aromatic carbocycles. The summed E-state index contributed by atoms with van der Waals surface area (Å²) in [6.45, 7) is 9.97. The molecule has 4 aliphatic carbocycles. The summed E-state index contributed by atoms with van der Waals surface area (Å²) in [6.07, 6.45) is 16.7. The van der Waals surface area contributed by atoms with Crippen LogP contribution in [-0.2, 0) is 0 Å². The predicted octanol–water partition coefficient (Wildman–Crippen LogP) is 6.83. The van der Waals surface area contributed by atoms with E-state index in [1.54, 1.807) is 0 Å². The number of hydrogen-bond donors (Lipinski definition) is 1. The number of hydrogen-bond acceptors (Lipinski definition) is 1. The molecule has 1 nitrogen and oxygen atoms in total. The van der Waals surface area contributed by atoms with Gasteiger partial charge in [-0.15, -0.1) is 0 Å². The van der Waals surface area contributed by atoms with Gasteiger partial charge in [-0.1, -0.05) is 59.8 Å². The van der Waals surface area contributed by atoms with Crippen LogP contribution in [0.25, 0.3) is 0 Å². The zero-order valence-electron chi connectivity index (χ0n) is 18.0. The topological polar surface area (TPSA) is 20.2 Å². The van der Waals surface area contributed by atoms with Gasteiger partial charge >= 0.3 is 0 Å². The number of rotatable bonds is 4. The summed E-state index contributed by atoms with van der Waals surface area (Å²) in [7, 11) is 0. The van der Waals surface area contributed by atoms with Crippen molar-refractivity contribution < 1.29 is 5.11 Å². The van der Waals surface area contributed by atoms with E-state index in [9.17, 15) is 5.11 Å². The Morgan fingerprint density at radius 1 is 0.846 bits per heavy atom. The van der Waals surface area contributed by atoms with Crippen LogP contribution >= 0.6 is 0 Å². The van der Waals surface area contributed by atoms with Crippen LogP contribution in [0.3, 0.4) is 0 Å². The molecular weight excluding hydrogens is 316 g/mol. The average molecular weight is 361 g/mol. The van der Waals surface area contributed by atoms with Crippen molar-refractivity contribution in [3.8, 4) is 0 Å².